The van der Waals surface area contributed by atoms with E-state index in [-0.39, 0.29) is 5.69 Å². The van der Waals surface area contributed by atoms with Crippen LogP contribution in [0.4, 0.5) is 0 Å². The summed E-state index contributed by atoms with van der Waals surface area (Å²) in [5.74, 6) is -0.946. The third-order valence-electron chi connectivity index (χ3n) is 3.23. The molecule has 2 aromatic heterocycles. The maximum Gasteiger partial charge on any atom is 0.353 e. The Balaban J connectivity index is 2.21. The first-order valence-electron chi connectivity index (χ1n) is 6.07. The molecule has 2 heterocycles. The number of aromatic carboxylic acids is 1. The summed E-state index contributed by atoms with van der Waals surface area (Å²) in [6.45, 7) is 3.88. The molecule has 0 saturated carbocycles. The molecule has 3 N–H and O–H groups in total. The second-order valence-electron chi connectivity index (χ2n) is 4.82. The van der Waals surface area contributed by atoms with Gasteiger partial charge in [-0.2, -0.15) is 0 Å². The maximum absolute atomic E-state index is 11.2. The fraction of sp³-hybridized carbons (Fsp3) is 0.133. The van der Waals surface area contributed by atoms with Crippen molar-refractivity contribution in [1.29, 1.82) is 0 Å². The van der Waals surface area contributed by atoms with Crippen molar-refractivity contribution >= 4 is 16.9 Å². The van der Waals surface area contributed by atoms with Crippen molar-refractivity contribution in [3.8, 4) is 11.3 Å². The molecular formula is C15H14N2O2. The molecule has 0 amide bonds. The molecule has 96 valence electrons. The largest absolute Gasteiger partial charge is 0.477 e. The zero-order valence-corrected chi connectivity index (χ0v) is 10.7. The van der Waals surface area contributed by atoms with Gasteiger partial charge in [-0.05, 0) is 37.6 Å². The van der Waals surface area contributed by atoms with Crippen molar-refractivity contribution in [2.24, 2.45) is 0 Å². The second kappa shape index (κ2) is 4.02. The molecule has 4 heteroatoms. The number of hydrogen-bond donors (Lipinski definition) is 3. The number of aromatic nitrogens is 2. The van der Waals surface area contributed by atoms with E-state index in [1.807, 2.05) is 38.1 Å². The number of hydrogen-bond acceptors (Lipinski definition) is 1. The van der Waals surface area contributed by atoms with Crippen molar-refractivity contribution in [3.63, 3.8) is 0 Å². The topological polar surface area (TPSA) is 68.9 Å². The minimum atomic E-state index is -0.946. The Morgan fingerprint density at radius 2 is 1.89 bits per heavy atom. The Morgan fingerprint density at radius 1 is 1.11 bits per heavy atom. The third-order valence-corrected chi connectivity index (χ3v) is 3.23. The Morgan fingerprint density at radius 3 is 2.63 bits per heavy atom. The third kappa shape index (κ3) is 1.91. The fourth-order valence-corrected chi connectivity index (χ4v) is 2.36. The number of rotatable bonds is 2. The van der Waals surface area contributed by atoms with Gasteiger partial charge in [-0.1, -0.05) is 12.1 Å². The first kappa shape index (κ1) is 11.6. The summed E-state index contributed by atoms with van der Waals surface area (Å²) in [5.41, 5.74) is 4.76. The first-order valence-corrected chi connectivity index (χ1v) is 6.07. The highest BCUT2D eigenvalue weighted by Crippen LogP contribution is 2.28. The molecule has 0 aliphatic rings. The van der Waals surface area contributed by atoms with Crippen LogP contribution < -0.4 is 0 Å². The van der Waals surface area contributed by atoms with Gasteiger partial charge in [0.2, 0.25) is 0 Å². The average Bonchev–Trinajstić information content (AvgIpc) is 2.91. The van der Waals surface area contributed by atoms with E-state index >= 15 is 0 Å². The predicted molar refractivity (Wildman–Crippen MR) is 74.5 cm³/mol. The summed E-state index contributed by atoms with van der Waals surface area (Å²) in [7, 11) is 0. The van der Waals surface area contributed by atoms with Crippen LogP contribution in [0.2, 0.25) is 0 Å². The number of fused-ring (bicyclic) bond motifs is 1. The van der Waals surface area contributed by atoms with Crippen molar-refractivity contribution in [2.75, 3.05) is 0 Å². The first-order chi connectivity index (χ1) is 9.04. The number of aromatic amines is 2. The summed E-state index contributed by atoms with van der Waals surface area (Å²) < 4.78 is 0. The summed E-state index contributed by atoms with van der Waals surface area (Å²) >= 11 is 0. The molecule has 19 heavy (non-hydrogen) atoms. The minimum absolute atomic E-state index is 0.223. The zero-order valence-electron chi connectivity index (χ0n) is 10.7. The summed E-state index contributed by atoms with van der Waals surface area (Å²) in [6.07, 6.45) is 0. The van der Waals surface area contributed by atoms with Crippen LogP contribution in [0.5, 0.6) is 0 Å². The number of nitrogens with one attached hydrogen (secondary N) is 2. The lowest BCUT2D eigenvalue weighted by atomic mass is 10.1. The van der Waals surface area contributed by atoms with E-state index in [1.165, 1.54) is 5.56 Å². The average molecular weight is 254 g/mol. The smallest absolute Gasteiger partial charge is 0.353 e. The van der Waals surface area contributed by atoms with Crippen LogP contribution in [0.3, 0.4) is 0 Å². The molecule has 0 spiro atoms. The number of benzene rings is 1. The van der Waals surface area contributed by atoms with Crippen LogP contribution in [-0.4, -0.2) is 21.0 Å². The van der Waals surface area contributed by atoms with Gasteiger partial charge in [-0.3, -0.25) is 0 Å². The van der Waals surface area contributed by atoms with Gasteiger partial charge >= 0.3 is 5.97 Å². The molecule has 0 atom stereocenters. The molecule has 0 unspecified atom stereocenters. The van der Waals surface area contributed by atoms with Crippen molar-refractivity contribution in [3.05, 3.63) is 47.3 Å². The van der Waals surface area contributed by atoms with E-state index in [1.54, 1.807) is 0 Å². The summed E-state index contributed by atoms with van der Waals surface area (Å²) in [5, 5.41) is 10.3. The van der Waals surface area contributed by atoms with Gasteiger partial charge in [0.15, 0.2) is 0 Å². The van der Waals surface area contributed by atoms with E-state index in [0.717, 1.165) is 22.3 Å². The van der Waals surface area contributed by atoms with Gasteiger partial charge in [-0.25, -0.2) is 4.79 Å². The highest BCUT2D eigenvalue weighted by atomic mass is 16.4. The number of carbonyl (C=O) groups is 1. The van der Waals surface area contributed by atoms with Gasteiger partial charge < -0.3 is 15.1 Å². The van der Waals surface area contributed by atoms with E-state index < -0.39 is 5.97 Å². The summed E-state index contributed by atoms with van der Waals surface area (Å²) in [4.78, 5) is 17.4. The molecular weight excluding hydrogens is 240 g/mol. The van der Waals surface area contributed by atoms with Crippen LogP contribution in [0.15, 0.2) is 30.3 Å². The van der Waals surface area contributed by atoms with Crippen molar-refractivity contribution < 1.29 is 9.90 Å². The summed E-state index contributed by atoms with van der Waals surface area (Å²) in [6, 6.07) is 9.95. The lowest BCUT2D eigenvalue weighted by molar-refractivity contribution is 0.0692. The highest BCUT2D eigenvalue weighted by Gasteiger charge is 2.16. The van der Waals surface area contributed by atoms with Crippen LogP contribution in [0.1, 0.15) is 21.7 Å². The van der Waals surface area contributed by atoms with Crippen LogP contribution in [-0.2, 0) is 0 Å². The van der Waals surface area contributed by atoms with Gasteiger partial charge in [0.1, 0.15) is 5.69 Å². The molecule has 4 nitrogen and oxygen atoms in total. The SMILES string of the molecule is Cc1ccc2cc(-c3cc(C)[nH]c3C(=O)O)[nH]c2c1. The Hall–Kier alpha value is -2.49. The predicted octanol–water partition coefficient (Wildman–Crippen LogP) is 3.48. The number of H-pyrrole nitrogens is 2. The van der Waals surface area contributed by atoms with Crippen LogP contribution in [0.25, 0.3) is 22.2 Å². The Bertz CT molecular complexity index is 781. The zero-order chi connectivity index (χ0) is 13.6. The van der Waals surface area contributed by atoms with Gasteiger partial charge in [-0.15, -0.1) is 0 Å². The molecule has 3 aromatic rings. The van der Waals surface area contributed by atoms with E-state index in [0.29, 0.717) is 5.56 Å². The monoisotopic (exact) mass is 254 g/mol. The number of aryl methyl sites for hydroxylation is 2. The Labute approximate surface area is 110 Å². The minimum Gasteiger partial charge on any atom is -0.477 e. The van der Waals surface area contributed by atoms with Gasteiger partial charge in [0, 0.05) is 27.9 Å². The van der Waals surface area contributed by atoms with Crippen LogP contribution in [0, 0.1) is 13.8 Å². The molecule has 0 saturated heterocycles. The number of carboxylic acid groups (broad SMARTS) is 1. The van der Waals surface area contributed by atoms with E-state index in [4.69, 9.17) is 0 Å². The van der Waals surface area contributed by atoms with E-state index in [9.17, 15) is 9.90 Å². The number of carboxylic acids is 1. The molecule has 0 aliphatic carbocycles. The molecule has 3 rings (SSSR count). The lowest BCUT2D eigenvalue weighted by Gasteiger charge is -1.96. The molecule has 1 aromatic carbocycles. The normalized spacial score (nSPS) is 11.1. The fourth-order valence-electron chi connectivity index (χ4n) is 2.36. The van der Waals surface area contributed by atoms with Crippen molar-refractivity contribution in [2.45, 2.75) is 13.8 Å². The second-order valence-corrected chi connectivity index (χ2v) is 4.82. The van der Waals surface area contributed by atoms with Gasteiger partial charge in [0.25, 0.3) is 0 Å². The van der Waals surface area contributed by atoms with Crippen LogP contribution >= 0.6 is 0 Å². The molecule has 0 bridgehead atoms. The van der Waals surface area contributed by atoms with Gasteiger partial charge in [0.05, 0.1) is 0 Å². The Kier molecular flexibility index (Phi) is 2.45. The van der Waals surface area contributed by atoms with Crippen molar-refractivity contribution in [1.82, 2.24) is 9.97 Å². The quantitative estimate of drug-likeness (QED) is 0.655. The maximum atomic E-state index is 11.2. The van der Waals surface area contributed by atoms with E-state index in [2.05, 4.69) is 16.0 Å². The molecule has 0 fully saturated rings. The standard InChI is InChI=1S/C15H14N2O2/c1-8-3-4-10-7-13(17-12(10)5-8)11-6-9(2)16-14(11)15(18)19/h3-7,16-17H,1-2H3,(H,18,19). The lowest BCUT2D eigenvalue weighted by Crippen LogP contribution is -1.98. The molecule has 0 radical (unpaired) electrons. The highest BCUT2D eigenvalue weighted by molar-refractivity contribution is 5.96. The molecule has 0 aliphatic heterocycles.